The first-order valence-electron chi connectivity index (χ1n) is 5.25. The molecule has 1 nitrogen and oxygen atoms in total. The van der Waals surface area contributed by atoms with Crippen molar-refractivity contribution in [1.82, 2.24) is 0 Å². The number of nitrogens with two attached hydrogens (primary N) is 1. The van der Waals surface area contributed by atoms with Gasteiger partial charge in [-0.3, -0.25) is 0 Å². The molecule has 0 amide bonds. The predicted molar refractivity (Wildman–Crippen MR) is 63.7 cm³/mol. The predicted octanol–water partition coefficient (Wildman–Crippen LogP) is 3.47. The van der Waals surface area contributed by atoms with Crippen LogP contribution in [0.4, 0.5) is 5.69 Å². The summed E-state index contributed by atoms with van der Waals surface area (Å²) in [6.45, 7) is 2.07. The molecule has 14 heavy (non-hydrogen) atoms. The summed E-state index contributed by atoms with van der Waals surface area (Å²) >= 11 is 1.90. The molecule has 1 aliphatic carbocycles. The zero-order valence-electron chi connectivity index (χ0n) is 8.62. The molecular formula is C12H17NS. The fraction of sp³-hybridized carbons (Fsp3) is 0.500. The monoisotopic (exact) mass is 207 g/mol. The van der Waals surface area contributed by atoms with E-state index in [0.717, 1.165) is 11.6 Å². The Morgan fingerprint density at radius 1 is 1.43 bits per heavy atom. The van der Waals surface area contributed by atoms with Crippen molar-refractivity contribution in [3.63, 3.8) is 0 Å². The van der Waals surface area contributed by atoms with Gasteiger partial charge in [0, 0.05) is 10.6 Å². The summed E-state index contributed by atoms with van der Waals surface area (Å²) < 4.78 is 0. The molecule has 0 unspecified atom stereocenters. The number of nitrogen functional groups attached to an aromatic ring is 1. The molecule has 2 N–H and O–H groups in total. The molecule has 0 atom stereocenters. The van der Waals surface area contributed by atoms with E-state index in [1.165, 1.54) is 35.5 Å². The minimum atomic E-state index is 0.966. The largest absolute Gasteiger partial charge is 0.398 e. The molecule has 0 saturated heterocycles. The second-order valence-electron chi connectivity index (χ2n) is 4.07. The van der Waals surface area contributed by atoms with Gasteiger partial charge in [0.15, 0.2) is 0 Å². The molecule has 0 spiro atoms. The van der Waals surface area contributed by atoms with Crippen LogP contribution in [0.2, 0.25) is 0 Å². The standard InChI is InChI=1S/C12H17NS/c1-9-3-2-4-11(12(9)13)14-8-7-10-5-6-10/h2-4,10H,5-8,13H2,1H3. The van der Waals surface area contributed by atoms with E-state index in [2.05, 4.69) is 25.1 Å². The molecule has 1 aromatic carbocycles. The lowest BCUT2D eigenvalue weighted by Gasteiger charge is -2.07. The summed E-state index contributed by atoms with van der Waals surface area (Å²) in [7, 11) is 0. The highest BCUT2D eigenvalue weighted by molar-refractivity contribution is 7.99. The lowest BCUT2D eigenvalue weighted by molar-refractivity contribution is 0.809. The average Bonchev–Trinajstić information content (AvgIpc) is 2.96. The number of aryl methyl sites for hydroxylation is 1. The maximum absolute atomic E-state index is 5.99. The van der Waals surface area contributed by atoms with Gasteiger partial charge in [-0.05, 0) is 36.6 Å². The summed E-state index contributed by atoms with van der Waals surface area (Å²) in [5.41, 5.74) is 8.16. The van der Waals surface area contributed by atoms with Crippen LogP contribution in [0, 0.1) is 12.8 Å². The van der Waals surface area contributed by atoms with Crippen LogP contribution >= 0.6 is 11.8 Å². The third kappa shape index (κ3) is 2.44. The molecule has 1 fully saturated rings. The Morgan fingerprint density at radius 2 is 2.21 bits per heavy atom. The highest BCUT2D eigenvalue weighted by Crippen LogP contribution is 2.35. The third-order valence-corrected chi connectivity index (χ3v) is 3.87. The fourth-order valence-electron chi connectivity index (χ4n) is 1.52. The van der Waals surface area contributed by atoms with Gasteiger partial charge in [-0.2, -0.15) is 0 Å². The van der Waals surface area contributed by atoms with Crippen LogP contribution in [-0.4, -0.2) is 5.75 Å². The Bertz CT molecular complexity index is 318. The Kier molecular flexibility index (Phi) is 3.02. The molecule has 0 aromatic heterocycles. The number of para-hydroxylation sites is 1. The normalized spacial score (nSPS) is 15.8. The van der Waals surface area contributed by atoms with E-state index in [9.17, 15) is 0 Å². The van der Waals surface area contributed by atoms with E-state index in [1.807, 2.05) is 11.8 Å². The SMILES string of the molecule is Cc1cccc(SCCC2CC2)c1N. The van der Waals surface area contributed by atoms with Crippen LogP contribution in [-0.2, 0) is 0 Å². The average molecular weight is 207 g/mol. The maximum atomic E-state index is 5.99. The van der Waals surface area contributed by atoms with E-state index in [1.54, 1.807) is 0 Å². The van der Waals surface area contributed by atoms with Crippen molar-refractivity contribution in [2.24, 2.45) is 5.92 Å². The van der Waals surface area contributed by atoms with Gasteiger partial charge in [0.1, 0.15) is 0 Å². The molecule has 76 valence electrons. The van der Waals surface area contributed by atoms with Crippen molar-refractivity contribution >= 4 is 17.4 Å². The quantitative estimate of drug-likeness (QED) is 0.604. The van der Waals surface area contributed by atoms with Crippen LogP contribution in [0.3, 0.4) is 0 Å². The van der Waals surface area contributed by atoms with Gasteiger partial charge in [-0.15, -0.1) is 11.8 Å². The lowest BCUT2D eigenvalue weighted by Crippen LogP contribution is -1.92. The first kappa shape index (κ1) is 9.91. The molecule has 0 radical (unpaired) electrons. The van der Waals surface area contributed by atoms with Crippen LogP contribution < -0.4 is 5.73 Å². The molecular weight excluding hydrogens is 190 g/mol. The molecule has 1 aliphatic rings. The van der Waals surface area contributed by atoms with Crippen molar-refractivity contribution < 1.29 is 0 Å². The number of thioether (sulfide) groups is 1. The van der Waals surface area contributed by atoms with Crippen molar-refractivity contribution in [2.45, 2.75) is 31.1 Å². The van der Waals surface area contributed by atoms with Crippen molar-refractivity contribution in [2.75, 3.05) is 11.5 Å². The van der Waals surface area contributed by atoms with Gasteiger partial charge in [0.05, 0.1) is 0 Å². The summed E-state index contributed by atoms with van der Waals surface area (Å²) in [6, 6.07) is 6.28. The van der Waals surface area contributed by atoms with E-state index in [0.29, 0.717) is 0 Å². The zero-order chi connectivity index (χ0) is 9.97. The Morgan fingerprint density at radius 3 is 2.93 bits per heavy atom. The highest BCUT2D eigenvalue weighted by Gasteiger charge is 2.20. The molecule has 1 saturated carbocycles. The van der Waals surface area contributed by atoms with Gasteiger partial charge < -0.3 is 5.73 Å². The molecule has 0 aliphatic heterocycles. The summed E-state index contributed by atoms with van der Waals surface area (Å²) in [6.07, 6.45) is 4.26. The van der Waals surface area contributed by atoms with Gasteiger partial charge in [0.25, 0.3) is 0 Å². The first-order chi connectivity index (χ1) is 6.77. The van der Waals surface area contributed by atoms with Crippen LogP contribution in [0.25, 0.3) is 0 Å². The van der Waals surface area contributed by atoms with Gasteiger partial charge in [-0.25, -0.2) is 0 Å². The van der Waals surface area contributed by atoms with E-state index in [-0.39, 0.29) is 0 Å². The van der Waals surface area contributed by atoms with Crippen molar-refractivity contribution in [3.8, 4) is 0 Å². The molecule has 1 aromatic rings. The second kappa shape index (κ2) is 4.26. The molecule has 2 heteroatoms. The minimum Gasteiger partial charge on any atom is -0.398 e. The number of hydrogen-bond donors (Lipinski definition) is 1. The Balaban J connectivity index is 1.90. The zero-order valence-corrected chi connectivity index (χ0v) is 9.44. The minimum absolute atomic E-state index is 0.966. The molecule has 0 heterocycles. The summed E-state index contributed by atoms with van der Waals surface area (Å²) in [4.78, 5) is 1.26. The van der Waals surface area contributed by atoms with Gasteiger partial charge >= 0.3 is 0 Å². The highest BCUT2D eigenvalue weighted by atomic mass is 32.2. The topological polar surface area (TPSA) is 26.0 Å². The first-order valence-corrected chi connectivity index (χ1v) is 6.24. The van der Waals surface area contributed by atoms with Crippen LogP contribution in [0.1, 0.15) is 24.8 Å². The van der Waals surface area contributed by atoms with E-state index in [4.69, 9.17) is 5.73 Å². The van der Waals surface area contributed by atoms with Crippen molar-refractivity contribution in [1.29, 1.82) is 0 Å². The third-order valence-electron chi connectivity index (χ3n) is 2.76. The number of anilines is 1. The number of benzene rings is 1. The number of hydrogen-bond acceptors (Lipinski definition) is 2. The van der Waals surface area contributed by atoms with E-state index >= 15 is 0 Å². The smallest absolute Gasteiger partial charge is 0.0481 e. The van der Waals surface area contributed by atoms with Crippen LogP contribution in [0.5, 0.6) is 0 Å². The maximum Gasteiger partial charge on any atom is 0.0481 e. The Labute approximate surface area is 90.1 Å². The van der Waals surface area contributed by atoms with E-state index < -0.39 is 0 Å². The Hall–Kier alpha value is -0.630. The molecule has 2 rings (SSSR count). The second-order valence-corrected chi connectivity index (χ2v) is 5.20. The summed E-state index contributed by atoms with van der Waals surface area (Å²) in [5.74, 6) is 2.24. The molecule has 0 bridgehead atoms. The van der Waals surface area contributed by atoms with Crippen molar-refractivity contribution in [3.05, 3.63) is 23.8 Å². The number of rotatable bonds is 4. The van der Waals surface area contributed by atoms with Gasteiger partial charge in [-0.1, -0.05) is 25.0 Å². The fourth-order valence-corrected chi connectivity index (χ4v) is 2.68. The van der Waals surface area contributed by atoms with Crippen LogP contribution in [0.15, 0.2) is 23.1 Å². The lowest BCUT2D eigenvalue weighted by atomic mass is 10.2. The van der Waals surface area contributed by atoms with Gasteiger partial charge in [0.2, 0.25) is 0 Å². The summed E-state index contributed by atoms with van der Waals surface area (Å²) in [5, 5.41) is 0.